The fourth-order valence-electron chi connectivity index (χ4n) is 2.38. The van der Waals surface area contributed by atoms with Crippen LogP contribution >= 0.6 is 0 Å². The van der Waals surface area contributed by atoms with Gasteiger partial charge < -0.3 is 9.84 Å². The number of hydrogen-bond donors (Lipinski definition) is 1. The summed E-state index contributed by atoms with van der Waals surface area (Å²) in [6, 6.07) is 4.24. The van der Waals surface area contributed by atoms with Crippen LogP contribution in [0.5, 0.6) is 0 Å². The summed E-state index contributed by atoms with van der Waals surface area (Å²) in [6.07, 6.45) is 6.09. The molecule has 0 saturated heterocycles. The van der Waals surface area contributed by atoms with Gasteiger partial charge in [-0.05, 0) is 31.4 Å². The molecule has 5 nitrogen and oxygen atoms in total. The summed E-state index contributed by atoms with van der Waals surface area (Å²) in [5.41, 5.74) is 1.42. The molecule has 2 rings (SSSR count). The standard InChI is InChI=1S/C15H22N2O3/c1-20-15(19)12-6-7-13(16-10-12)11-17(8-3-9-18)14-4-2-5-14/h6-7,10,14,18H,2-5,8-9,11H2,1H3. The second-order valence-electron chi connectivity index (χ2n) is 5.16. The van der Waals surface area contributed by atoms with Crippen LogP contribution in [0.4, 0.5) is 0 Å². The molecule has 1 aliphatic rings. The van der Waals surface area contributed by atoms with Gasteiger partial charge in [-0.1, -0.05) is 6.42 Å². The van der Waals surface area contributed by atoms with E-state index in [1.54, 1.807) is 12.3 Å². The van der Waals surface area contributed by atoms with Crippen molar-refractivity contribution in [1.82, 2.24) is 9.88 Å². The van der Waals surface area contributed by atoms with Gasteiger partial charge in [0.25, 0.3) is 0 Å². The Labute approximate surface area is 119 Å². The predicted molar refractivity (Wildman–Crippen MR) is 75.3 cm³/mol. The second kappa shape index (κ2) is 7.36. The van der Waals surface area contributed by atoms with Crippen LogP contribution in [-0.2, 0) is 11.3 Å². The highest BCUT2D eigenvalue weighted by Crippen LogP contribution is 2.26. The minimum atomic E-state index is -0.361. The number of aromatic nitrogens is 1. The lowest BCUT2D eigenvalue weighted by molar-refractivity contribution is 0.0600. The van der Waals surface area contributed by atoms with Gasteiger partial charge in [-0.15, -0.1) is 0 Å². The number of rotatable bonds is 7. The Balaban J connectivity index is 1.96. The van der Waals surface area contributed by atoms with E-state index in [0.29, 0.717) is 11.6 Å². The van der Waals surface area contributed by atoms with Crippen molar-refractivity contribution in [3.63, 3.8) is 0 Å². The average Bonchev–Trinajstić information content (AvgIpc) is 2.42. The van der Waals surface area contributed by atoms with Gasteiger partial charge in [0, 0.05) is 31.9 Å². The minimum absolute atomic E-state index is 0.220. The van der Waals surface area contributed by atoms with E-state index < -0.39 is 0 Å². The maximum Gasteiger partial charge on any atom is 0.339 e. The van der Waals surface area contributed by atoms with Gasteiger partial charge in [-0.2, -0.15) is 0 Å². The summed E-state index contributed by atoms with van der Waals surface area (Å²) in [4.78, 5) is 18.1. The molecule has 0 amide bonds. The number of methoxy groups -OCH3 is 1. The zero-order chi connectivity index (χ0) is 14.4. The number of nitrogens with zero attached hydrogens (tertiary/aromatic N) is 2. The molecule has 1 aromatic rings. The zero-order valence-electron chi connectivity index (χ0n) is 11.9. The molecule has 1 heterocycles. The molecule has 0 spiro atoms. The Kier molecular flexibility index (Phi) is 5.49. The van der Waals surface area contributed by atoms with Crippen LogP contribution in [0.15, 0.2) is 18.3 Å². The van der Waals surface area contributed by atoms with Crippen molar-refractivity contribution in [3.8, 4) is 0 Å². The highest BCUT2D eigenvalue weighted by atomic mass is 16.5. The van der Waals surface area contributed by atoms with Crippen molar-refractivity contribution >= 4 is 5.97 Å². The highest BCUT2D eigenvalue weighted by Gasteiger charge is 2.24. The highest BCUT2D eigenvalue weighted by molar-refractivity contribution is 5.88. The van der Waals surface area contributed by atoms with Crippen LogP contribution < -0.4 is 0 Å². The summed E-state index contributed by atoms with van der Waals surface area (Å²) >= 11 is 0. The molecule has 5 heteroatoms. The molecule has 1 aliphatic carbocycles. The molecule has 1 saturated carbocycles. The van der Waals surface area contributed by atoms with Crippen LogP contribution in [0.3, 0.4) is 0 Å². The van der Waals surface area contributed by atoms with Gasteiger partial charge in [-0.3, -0.25) is 9.88 Å². The molecular formula is C15H22N2O3. The number of ether oxygens (including phenoxy) is 1. The third-order valence-electron chi connectivity index (χ3n) is 3.81. The van der Waals surface area contributed by atoms with Crippen molar-refractivity contribution in [1.29, 1.82) is 0 Å². The van der Waals surface area contributed by atoms with Crippen LogP contribution in [0.25, 0.3) is 0 Å². The minimum Gasteiger partial charge on any atom is -0.465 e. The van der Waals surface area contributed by atoms with Gasteiger partial charge >= 0.3 is 5.97 Å². The van der Waals surface area contributed by atoms with Crippen molar-refractivity contribution in [2.24, 2.45) is 0 Å². The molecule has 1 aromatic heterocycles. The van der Waals surface area contributed by atoms with Crippen LogP contribution in [0.2, 0.25) is 0 Å². The summed E-state index contributed by atoms with van der Waals surface area (Å²) in [5, 5.41) is 8.98. The van der Waals surface area contributed by atoms with Crippen LogP contribution in [0.1, 0.15) is 41.7 Å². The van der Waals surface area contributed by atoms with Gasteiger partial charge in [-0.25, -0.2) is 4.79 Å². The quantitative estimate of drug-likeness (QED) is 0.768. The molecule has 0 aliphatic heterocycles. The summed E-state index contributed by atoms with van der Waals surface area (Å²) in [6.45, 7) is 1.88. The monoisotopic (exact) mass is 278 g/mol. The third-order valence-corrected chi connectivity index (χ3v) is 3.81. The lowest BCUT2D eigenvalue weighted by atomic mass is 9.91. The molecule has 0 atom stereocenters. The maximum atomic E-state index is 11.4. The molecule has 0 radical (unpaired) electrons. The first-order chi connectivity index (χ1) is 9.74. The van der Waals surface area contributed by atoms with Gasteiger partial charge in [0.1, 0.15) is 0 Å². The first-order valence-corrected chi connectivity index (χ1v) is 7.12. The molecule has 0 aromatic carbocycles. The maximum absolute atomic E-state index is 11.4. The summed E-state index contributed by atoms with van der Waals surface area (Å²) < 4.78 is 4.66. The predicted octanol–water partition coefficient (Wildman–Crippen LogP) is 1.61. The zero-order valence-corrected chi connectivity index (χ0v) is 11.9. The van der Waals surface area contributed by atoms with E-state index in [4.69, 9.17) is 5.11 Å². The SMILES string of the molecule is COC(=O)c1ccc(CN(CCCO)C2CCC2)nc1. The second-order valence-corrected chi connectivity index (χ2v) is 5.16. The van der Waals surface area contributed by atoms with Crippen molar-refractivity contribution in [2.45, 2.75) is 38.3 Å². The number of aliphatic hydroxyl groups is 1. The van der Waals surface area contributed by atoms with E-state index in [0.717, 1.165) is 25.2 Å². The van der Waals surface area contributed by atoms with Gasteiger partial charge in [0.15, 0.2) is 0 Å². The fraction of sp³-hybridized carbons (Fsp3) is 0.600. The molecule has 0 unspecified atom stereocenters. The number of hydrogen-bond acceptors (Lipinski definition) is 5. The smallest absolute Gasteiger partial charge is 0.339 e. The lowest BCUT2D eigenvalue weighted by Gasteiger charge is -2.37. The largest absolute Gasteiger partial charge is 0.465 e. The van der Waals surface area contributed by atoms with E-state index in [-0.39, 0.29) is 12.6 Å². The van der Waals surface area contributed by atoms with Gasteiger partial charge in [0.2, 0.25) is 0 Å². The third kappa shape index (κ3) is 3.77. The van der Waals surface area contributed by atoms with E-state index in [1.165, 1.54) is 26.4 Å². The Morgan fingerprint density at radius 2 is 2.30 bits per heavy atom. The van der Waals surface area contributed by atoms with Crippen molar-refractivity contribution < 1.29 is 14.6 Å². The van der Waals surface area contributed by atoms with E-state index in [1.807, 2.05) is 6.07 Å². The number of pyridine rings is 1. The molecule has 20 heavy (non-hydrogen) atoms. The van der Waals surface area contributed by atoms with Crippen LogP contribution in [-0.4, -0.2) is 47.3 Å². The topological polar surface area (TPSA) is 62.7 Å². The molecule has 1 N–H and O–H groups in total. The average molecular weight is 278 g/mol. The number of aliphatic hydroxyl groups excluding tert-OH is 1. The molecule has 110 valence electrons. The molecular weight excluding hydrogens is 256 g/mol. The Hall–Kier alpha value is -1.46. The van der Waals surface area contributed by atoms with Gasteiger partial charge in [0.05, 0.1) is 18.4 Å². The summed E-state index contributed by atoms with van der Waals surface area (Å²) in [5.74, 6) is -0.361. The fourth-order valence-corrected chi connectivity index (χ4v) is 2.38. The molecule has 0 bridgehead atoms. The first kappa shape index (κ1) is 14.9. The van der Waals surface area contributed by atoms with E-state index in [2.05, 4.69) is 14.6 Å². The lowest BCUT2D eigenvalue weighted by Crippen LogP contribution is -2.40. The van der Waals surface area contributed by atoms with Crippen molar-refractivity contribution in [3.05, 3.63) is 29.6 Å². The number of esters is 1. The Morgan fingerprint density at radius 1 is 1.50 bits per heavy atom. The Morgan fingerprint density at radius 3 is 2.80 bits per heavy atom. The number of carbonyl (C=O) groups is 1. The van der Waals surface area contributed by atoms with Crippen LogP contribution in [0, 0.1) is 0 Å². The Bertz CT molecular complexity index is 429. The van der Waals surface area contributed by atoms with E-state index >= 15 is 0 Å². The van der Waals surface area contributed by atoms with E-state index in [9.17, 15) is 4.79 Å². The number of carbonyl (C=O) groups excluding carboxylic acids is 1. The van der Waals surface area contributed by atoms with Crippen molar-refractivity contribution in [2.75, 3.05) is 20.3 Å². The first-order valence-electron chi connectivity index (χ1n) is 7.12. The molecule has 1 fully saturated rings. The summed E-state index contributed by atoms with van der Waals surface area (Å²) in [7, 11) is 1.36. The normalized spacial score (nSPS) is 15.2.